The Morgan fingerprint density at radius 2 is 1.69 bits per heavy atom. The van der Waals surface area contributed by atoms with Crippen LogP contribution in [0.3, 0.4) is 0 Å². The third-order valence-electron chi connectivity index (χ3n) is 6.78. The average Bonchev–Trinajstić information content (AvgIpc) is 3.13. The van der Waals surface area contributed by atoms with Gasteiger partial charge in [-0.3, -0.25) is 19.7 Å². The van der Waals surface area contributed by atoms with Gasteiger partial charge in [-0.1, -0.05) is 20.8 Å². The summed E-state index contributed by atoms with van der Waals surface area (Å²) in [5, 5.41) is 16.8. The standard InChI is InChI=1S/C26H41N5O7Si/c1-16(32)30(14-20(33)34)26(8,15-37-39(9,10)25(5,6)7)31-19-12-11-17(28-23(36)38-24(2,3)4)13-18(19)21(29-31)22(27)35/h11-13H,14-15H2,1-10H3,(H2,27,35)(H,28,36)(H,33,34)/t26-/m1/s1. The highest BCUT2D eigenvalue weighted by molar-refractivity contribution is 6.74. The summed E-state index contributed by atoms with van der Waals surface area (Å²) in [6.07, 6.45) is -0.688. The molecule has 4 N–H and O–H groups in total. The predicted octanol–water partition coefficient (Wildman–Crippen LogP) is 4.11. The molecule has 1 aromatic heterocycles. The van der Waals surface area contributed by atoms with E-state index in [9.17, 15) is 24.3 Å². The Labute approximate surface area is 229 Å². The summed E-state index contributed by atoms with van der Waals surface area (Å²) in [7, 11) is -2.38. The molecule has 0 saturated heterocycles. The van der Waals surface area contributed by atoms with Gasteiger partial charge in [0.1, 0.15) is 12.1 Å². The van der Waals surface area contributed by atoms with Gasteiger partial charge in [0, 0.05) is 18.0 Å². The number of anilines is 1. The molecule has 216 valence electrons. The highest BCUT2D eigenvalue weighted by Gasteiger charge is 2.44. The van der Waals surface area contributed by atoms with Crippen molar-refractivity contribution in [2.45, 2.75) is 84.8 Å². The van der Waals surface area contributed by atoms with Gasteiger partial charge in [-0.2, -0.15) is 5.10 Å². The molecule has 12 nitrogen and oxygen atoms in total. The molecule has 1 aromatic carbocycles. The first-order chi connectivity index (χ1) is 17.6. The van der Waals surface area contributed by atoms with Crippen LogP contribution in [-0.2, 0) is 24.4 Å². The number of aliphatic carboxylic acids is 1. The average molecular weight is 564 g/mol. The second kappa shape index (κ2) is 11.0. The molecule has 0 radical (unpaired) electrons. The molecule has 3 amide bonds. The Morgan fingerprint density at radius 1 is 1.10 bits per heavy atom. The highest BCUT2D eigenvalue weighted by Crippen LogP contribution is 2.39. The molecule has 0 unspecified atom stereocenters. The summed E-state index contributed by atoms with van der Waals surface area (Å²) in [6.45, 7) is 17.6. The summed E-state index contributed by atoms with van der Waals surface area (Å²) < 4.78 is 13.2. The Hall–Kier alpha value is -3.45. The van der Waals surface area contributed by atoms with E-state index in [0.29, 0.717) is 16.6 Å². The predicted molar refractivity (Wildman–Crippen MR) is 150 cm³/mol. The Bertz CT molecular complexity index is 1280. The van der Waals surface area contributed by atoms with Crippen LogP contribution in [0.5, 0.6) is 0 Å². The summed E-state index contributed by atoms with van der Waals surface area (Å²) in [5.74, 6) is -2.58. The number of hydrogen-bond acceptors (Lipinski definition) is 7. The largest absolute Gasteiger partial charge is 0.480 e. The SMILES string of the molecule is CC(=O)N(CC(=O)O)[C@@](C)(CO[Si](C)(C)C(C)(C)C)n1nc(C(N)=O)c2cc(NC(=O)OC(C)(C)C)ccc21. The van der Waals surface area contributed by atoms with Gasteiger partial charge in [0.2, 0.25) is 5.91 Å². The van der Waals surface area contributed by atoms with E-state index in [0.717, 1.165) is 4.90 Å². The van der Waals surface area contributed by atoms with Gasteiger partial charge in [-0.25, -0.2) is 9.48 Å². The van der Waals surface area contributed by atoms with E-state index in [1.807, 2.05) is 13.1 Å². The number of nitrogens with two attached hydrogens (primary N) is 1. The van der Waals surface area contributed by atoms with E-state index in [4.69, 9.17) is 14.9 Å². The number of ether oxygens (including phenoxy) is 1. The summed E-state index contributed by atoms with van der Waals surface area (Å²) >= 11 is 0. The van der Waals surface area contributed by atoms with Gasteiger partial charge in [-0.05, 0) is 64.0 Å². The zero-order valence-corrected chi connectivity index (χ0v) is 25.5. The first kappa shape index (κ1) is 31.8. The molecule has 0 aliphatic rings. The number of carbonyl (C=O) groups is 4. The van der Waals surface area contributed by atoms with Crippen LogP contribution < -0.4 is 11.1 Å². The maximum Gasteiger partial charge on any atom is 0.412 e. The number of nitrogens with one attached hydrogen (secondary N) is 1. The van der Waals surface area contributed by atoms with E-state index < -0.39 is 50.0 Å². The molecule has 0 bridgehead atoms. The summed E-state index contributed by atoms with van der Waals surface area (Å²) in [5.41, 5.74) is 4.09. The van der Waals surface area contributed by atoms with Crippen molar-refractivity contribution in [1.29, 1.82) is 0 Å². The number of carbonyl (C=O) groups excluding carboxylic acids is 3. The van der Waals surface area contributed by atoms with Crippen molar-refractivity contribution in [3.63, 3.8) is 0 Å². The van der Waals surface area contributed by atoms with Crippen LogP contribution in [0, 0.1) is 0 Å². The van der Waals surface area contributed by atoms with Gasteiger partial charge in [0.05, 0.1) is 12.1 Å². The van der Waals surface area contributed by atoms with E-state index in [1.54, 1.807) is 39.8 Å². The molecule has 39 heavy (non-hydrogen) atoms. The lowest BCUT2D eigenvalue weighted by atomic mass is 10.1. The van der Waals surface area contributed by atoms with Crippen LogP contribution in [-0.4, -0.2) is 70.7 Å². The summed E-state index contributed by atoms with van der Waals surface area (Å²) in [4.78, 5) is 50.5. The van der Waals surface area contributed by atoms with Crippen molar-refractivity contribution in [2.24, 2.45) is 5.73 Å². The van der Waals surface area contributed by atoms with Crippen molar-refractivity contribution >= 4 is 48.8 Å². The van der Waals surface area contributed by atoms with Crippen molar-refractivity contribution in [3.8, 4) is 0 Å². The normalized spacial score (nSPS) is 14.0. The number of benzene rings is 1. The molecular formula is C26H41N5O7Si. The number of nitrogens with zero attached hydrogens (tertiary/aromatic N) is 3. The second-order valence-electron chi connectivity index (χ2n) is 12.2. The molecule has 13 heteroatoms. The fourth-order valence-corrected chi connectivity index (χ4v) is 4.78. The van der Waals surface area contributed by atoms with Gasteiger partial charge in [0.25, 0.3) is 5.91 Å². The van der Waals surface area contributed by atoms with Crippen LogP contribution in [0.4, 0.5) is 10.5 Å². The number of rotatable bonds is 9. The number of primary amides is 1. The first-order valence-corrected chi connectivity index (χ1v) is 15.5. The maximum absolute atomic E-state index is 12.8. The molecular weight excluding hydrogens is 522 g/mol. The number of carboxylic acid groups (broad SMARTS) is 1. The monoisotopic (exact) mass is 563 g/mol. The topological polar surface area (TPSA) is 166 Å². The van der Waals surface area contributed by atoms with E-state index >= 15 is 0 Å². The molecule has 0 aliphatic heterocycles. The van der Waals surface area contributed by atoms with Crippen molar-refractivity contribution in [1.82, 2.24) is 14.7 Å². The maximum atomic E-state index is 12.8. The van der Waals surface area contributed by atoms with Crippen molar-refractivity contribution in [3.05, 3.63) is 23.9 Å². The minimum absolute atomic E-state index is 0.0940. The Balaban J connectivity index is 2.74. The highest BCUT2D eigenvalue weighted by atomic mass is 28.4. The second-order valence-corrected chi connectivity index (χ2v) is 17.1. The third kappa shape index (κ3) is 7.35. The van der Waals surface area contributed by atoms with Crippen LogP contribution >= 0.6 is 0 Å². The molecule has 0 saturated carbocycles. The van der Waals surface area contributed by atoms with Crippen molar-refractivity contribution in [2.75, 3.05) is 18.5 Å². The van der Waals surface area contributed by atoms with Crippen LogP contribution in [0.25, 0.3) is 10.9 Å². The molecule has 0 spiro atoms. The Kier molecular flexibility index (Phi) is 8.93. The lowest BCUT2D eigenvalue weighted by molar-refractivity contribution is -0.153. The Morgan fingerprint density at radius 3 is 2.15 bits per heavy atom. The molecule has 2 aromatic rings. The number of aromatic nitrogens is 2. The molecule has 1 atom stereocenters. The molecule has 2 rings (SSSR count). The molecule has 0 fully saturated rings. The molecule has 0 aliphatic carbocycles. The third-order valence-corrected chi connectivity index (χ3v) is 11.3. The fourth-order valence-electron chi connectivity index (χ4n) is 3.71. The first-order valence-electron chi connectivity index (χ1n) is 12.6. The number of fused-ring (bicyclic) bond motifs is 1. The zero-order valence-electron chi connectivity index (χ0n) is 24.5. The number of amides is 3. The van der Waals surface area contributed by atoms with Crippen LogP contribution in [0.15, 0.2) is 18.2 Å². The lowest BCUT2D eigenvalue weighted by Gasteiger charge is -2.44. The summed E-state index contributed by atoms with van der Waals surface area (Å²) in [6, 6.07) is 4.71. The van der Waals surface area contributed by atoms with Gasteiger partial charge >= 0.3 is 12.1 Å². The smallest absolute Gasteiger partial charge is 0.412 e. The number of carboxylic acids is 1. The minimum atomic E-state index is -2.38. The fraction of sp³-hybridized carbons (Fsp3) is 0.577. The van der Waals surface area contributed by atoms with Crippen LogP contribution in [0.1, 0.15) is 65.9 Å². The van der Waals surface area contributed by atoms with Gasteiger partial charge in [-0.15, -0.1) is 0 Å². The van der Waals surface area contributed by atoms with Gasteiger partial charge in [0.15, 0.2) is 19.7 Å². The van der Waals surface area contributed by atoms with E-state index in [-0.39, 0.29) is 17.3 Å². The lowest BCUT2D eigenvalue weighted by Crippen LogP contribution is -2.58. The number of hydrogen-bond donors (Lipinski definition) is 3. The van der Waals surface area contributed by atoms with E-state index in [1.165, 1.54) is 17.7 Å². The van der Waals surface area contributed by atoms with Gasteiger partial charge < -0.3 is 24.9 Å². The van der Waals surface area contributed by atoms with E-state index in [2.05, 4.69) is 31.2 Å². The quantitative estimate of drug-likeness (QED) is 0.383. The van der Waals surface area contributed by atoms with Crippen LogP contribution in [0.2, 0.25) is 18.1 Å². The zero-order chi connectivity index (χ0) is 30.1. The van der Waals surface area contributed by atoms with Crippen molar-refractivity contribution < 1.29 is 33.4 Å². The minimum Gasteiger partial charge on any atom is -0.480 e. The molecule has 1 heterocycles.